The number of hydrogen-bond acceptors (Lipinski definition) is 4. The number of aromatic carboxylic acids is 1. The fourth-order valence-corrected chi connectivity index (χ4v) is 3.24. The maximum Gasteiger partial charge on any atom is 0.356 e. The Bertz CT molecular complexity index is 731. The molecular weight excluding hydrogens is 306 g/mol. The van der Waals surface area contributed by atoms with E-state index < -0.39 is 5.97 Å². The van der Waals surface area contributed by atoms with Crippen LogP contribution in [0.3, 0.4) is 0 Å². The molecular formula is C18H19N3O3. The Kier molecular flexibility index (Phi) is 4.55. The van der Waals surface area contributed by atoms with Gasteiger partial charge in [-0.2, -0.15) is 0 Å². The van der Waals surface area contributed by atoms with E-state index in [0.29, 0.717) is 24.9 Å². The molecule has 6 nitrogen and oxygen atoms in total. The molecule has 0 spiro atoms. The van der Waals surface area contributed by atoms with E-state index >= 15 is 0 Å². The van der Waals surface area contributed by atoms with Crippen molar-refractivity contribution >= 4 is 11.9 Å². The lowest BCUT2D eigenvalue weighted by molar-refractivity contribution is 0.0648. The smallest absolute Gasteiger partial charge is 0.356 e. The Hall–Kier alpha value is -2.76. The summed E-state index contributed by atoms with van der Waals surface area (Å²) in [5.74, 6) is -0.566. The Labute approximate surface area is 140 Å². The van der Waals surface area contributed by atoms with E-state index in [1.807, 2.05) is 18.2 Å². The largest absolute Gasteiger partial charge is 0.476 e. The molecule has 1 N–H and O–H groups in total. The molecule has 3 rings (SSSR count). The predicted octanol–water partition coefficient (Wildman–Crippen LogP) is 2.44. The normalized spacial score (nSPS) is 20.6. The van der Waals surface area contributed by atoms with Crippen molar-refractivity contribution in [3.63, 3.8) is 0 Å². The molecule has 2 aromatic rings. The number of aromatic nitrogens is 2. The van der Waals surface area contributed by atoms with Crippen LogP contribution in [0.5, 0.6) is 0 Å². The van der Waals surface area contributed by atoms with Crippen molar-refractivity contribution in [2.45, 2.75) is 19.3 Å². The molecule has 1 aromatic heterocycles. The first-order valence-corrected chi connectivity index (χ1v) is 7.96. The zero-order valence-corrected chi connectivity index (χ0v) is 13.4. The van der Waals surface area contributed by atoms with Crippen molar-refractivity contribution in [1.82, 2.24) is 14.9 Å². The highest BCUT2D eigenvalue weighted by Gasteiger charge is 2.30. The summed E-state index contributed by atoms with van der Waals surface area (Å²) in [5, 5.41) is 8.84. The first-order valence-electron chi connectivity index (χ1n) is 7.96. The van der Waals surface area contributed by atoms with Crippen LogP contribution in [0.2, 0.25) is 0 Å². The molecule has 6 heteroatoms. The number of carbonyl (C=O) groups excluding carboxylic acids is 1. The van der Waals surface area contributed by atoms with Crippen LogP contribution < -0.4 is 0 Å². The minimum absolute atomic E-state index is 0.164. The van der Waals surface area contributed by atoms with Gasteiger partial charge in [0.2, 0.25) is 0 Å². The van der Waals surface area contributed by atoms with Gasteiger partial charge in [0, 0.05) is 13.1 Å². The summed E-state index contributed by atoms with van der Waals surface area (Å²) in [6, 6.07) is 10.4. The van der Waals surface area contributed by atoms with Crippen molar-refractivity contribution in [2.24, 2.45) is 5.92 Å². The van der Waals surface area contributed by atoms with Crippen LogP contribution in [0.25, 0.3) is 0 Å². The number of piperidine rings is 1. The van der Waals surface area contributed by atoms with Crippen molar-refractivity contribution < 1.29 is 14.7 Å². The molecule has 1 fully saturated rings. The molecule has 1 aliphatic rings. The Morgan fingerprint density at radius 2 is 1.79 bits per heavy atom. The Morgan fingerprint density at radius 3 is 2.38 bits per heavy atom. The zero-order chi connectivity index (χ0) is 17.1. The molecule has 24 heavy (non-hydrogen) atoms. The van der Waals surface area contributed by atoms with Crippen LogP contribution in [-0.2, 0) is 0 Å². The van der Waals surface area contributed by atoms with Gasteiger partial charge in [-0.15, -0.1) is 0 Å². The molecule has 2 unspecified atom stereocenters. The number of hydrogen-bond donors (Lipinski definition) is 1. The molecule has 2 atom stereocenters. The summed E-state index contributed by atoms with van der Waals surface area (Å²) in [5.41, 5.74) is 1.33. The molecule has 1 saturated heterocycles. The van der Waals surface area contributed by atoms with E-state index in [9.17, 15) is 9.59 Å². The molecule has 1 amide bonds. The standard InChI is InChI=1S/C18H19N3O3/c1-12-11-21(8-7-14(12)13-5-3-2-4-6-13)17(22)15-9-20-16(10-19-15)18(23)24/h2-6,9-10,12,14H,7-8,11H2,1H3,(H,23,24). The van der Waals surface area contributed by atoms with Crippen LogP contribution >= 0.6 is 0 Å². The van der Waals surface area contributed by atoms with Gasteiger partial charge in [0.15, 0.2) is 5.69 Å². The second kappa shape index (κ2) is 6.78. The topological polar surface area (TPSA) is 83.4 Å². The summed E-state index contributed by atoms with van der Waals surface area (Å²) in [6.07, 6.45) is 3.26. The van der Waals surface area contributed by atoms with Crippen molar-refractivity contribution in [1.29, 1.82) is 0 Å². The first kappa shape index (κ1) is 16.1. The van der Waals surface area contributed by atoms with Crippen LogP contribution in [0.15, 0.2) is 42.7 Å². The molecule has 0 saturated carbocycles. The lowest BCUT2D eigenvalue weighted by atomic mass is 9.81. The third-order valence-electron chi connectivity index (χ3n) is 4.51. The van der Waals surface area contributed by atoms with E-state index in [1.165, 1.54) is 11.8 Å². The lowest BCUT2D eigenvalue weighted by Gasteiger charge is -2.37. The third-order valence-corrected chi connectivity index (χ3v) is 4.51. The summed E-state index contributed by atoms with van der Waals surface area (Å²) in [4.78, 5) is 32.8. The fourth-order valence-electron chi connectivity index (χ4n) is 3.24. The summed E-state index contributed by atoms with van der Waals surface area (Å²) < 4.78 is 0. The van der Waals surface area contributed by atoms with E-state index in [0.717, 1.165) is 12.6 Å². The van der Waals surface area contributed by atoms with Crippen LogP contribution in [0.1, 0.15) is 45.8 Å². The number of likely N-dealkylation sites (tertiary alicyclic amines) is 1. The SMILES string of the molecule is CC1CN(C(=O)c2cnc(C(=O)O)cn2)CCC1c1ccccc1. The number of rotatable bonds is 3. The van der Waals surface area contributed by atoms with Crippen LogP contribution in [0, 0.1) is 5.92 Å². The molecule has 0 bridgehead atoms. The van der Waals surface area contributed by atoms with Gasteiger partial charge < -0.3 is 10.0 Å². The van der Waals surface area contributed by atoms with Gasteiger partial charge in [-0.1, -0.05) is 37.3 Å². The van der Waals surface area contributed by atoms with E-state index in [2.05, 4.69) is 29.0 Å². The van der Waals surface area contributed by atoms with E-state index in [-0.39, 0.29) is 17.3 Å². The van der Waals surface area contributed by atoms with Gasteiger partial charge in [0.25, 0.3) is 5.91 Å². The second-order valence-electron chi connectivity index (χ2n) is 6.13. The van der Waals surface area contributed by atoms with Crippen LogP contribution in [0.4, 0.5) is 0 Å². The lowest BCUT2D eigenvalue weighted by Crippen LogP contribution is -2.42. The van der Waals surface area contributed by atoms with Gasteiger partial charge in [0.1, 0.15) is 5.69 Å². The van der Waals surface area contributed by atoms with Gasteiger partial charge in [-0.3, -0.25) is 4.79 Å². The van der Waals surface area contributed by atoms with E-state index in [1.54, 1.807) is 4.90 Å². The zero-order valence-electron chi connectivity index (χ0n) is 13.4. The maximum atomic E-state index is 12.5. The molecule has 0 aliphatic carbocycles. The van der Waals surface area contributed by atoms with Gasteiger partial charge in [-0.05, 0) is 23.8 Å². The molecule has 2 heterocycles. The van der Waals surface area contributed by atoms with Gasteiger partial charge in [0.05, 0.1) is 12.4 Å². The highest BCUT2D eigenvalue weighted by Crippen LogP contribution is 2.32. The van der Waals surface area contributed by atoms with Crippen molar-refractivity contribution in [3.05, 3.63) is 59.7 Å². The Morgan fingerprint density at radius 1 is 1.12 bits per heavy atom. The van der Waals surface area contributed by atoms with Crippen LogP contribution in [-0.4, -0.2) is 44.9 Å². The maximum absolute atomic E-state index is 12.5. The second-order valence-corrected chi connectivity index (χ2v) is 6.13. The van der Waals surface area contributed by atoms with Gasteiger partial charge in [-0.25, -0.2) is 14.8 Å². The predicted molar refractivity (Wildman–Crippen MR) is 87.9 cm³/mol. The number of nitrogens with zero attached hydrogens (tertiary/aromatic N) is 3. The average Bonchev–Trinajstić information content (AvgIpc) is 2.62. The Balaban J connectivity index is 1.69. The highest BCUT2D eigenvalue weighted by molar-refractivity contribution is 5.92. The molecule has 124 valence electrons. The molecule has 1 aliphatic heterocycles. The minimum Gasteiger partial charge on any atom is -0.476 e. The molecule has 1 aromatic carbocycles. The highest BCUT2D eigenvalue weighted by atomic mass is 16.4. The number of carboxylic acid groups (broad SMARTS) is 1. The fraction of sp³-hybridized carbons (Fsp3) is 0.333. The monoisotopic (exact) mass is 325 g/mol. The third kappa shape index (κ3) is 3.27. The van der Waals surface area contributed by atoms with E-state index in [4.69, 9.17) is 5.11 Å². The quantitative estimate of drug-likeness (QED) is 0.937. The number of benzene rings is 1. The first-order chi connectivity index (χ1) is 11.6. The van der Waals surface area contributed by atoms with Gasteiger partial charge >= 0.3 is 5.97 Å². The van der Waals surface area contributed by atoms with Crippen molar-refractivity contribution in [3.8, 4) is 0 Å². The summed E-state index contributed by atoms with van der Waals surface area (Å²) in [7, 11) is 0. The summed E-state index contributed by atoms with van der Waals surface area (Å²) in [6.45, 7) is 3.46. The number of amides is 1. The van der Waals surface area contributed by atoms with Crippen molar-refractivity contribution in [2.75, 3.05) is 13.1 Å². The number of carbonyl (C=O) groups is 2. The average molecular weight is 325 g/mol. The minimum atomic E-state index is -1.15. The number of carboxylic acids is 1. The summed E-state index contributed by atoms with van der Waals surface area (Å²) >= 11 is 0. The molecule has 0 radical (unpaired) electrons.